The van der Waals surface area contributed by atoms with Crippen molar-refractivity contribution in [1.29, 1.82) is 0 Å². The Morgan fingerprint density at radius 3 is 2.25 bits per heavy atom. The minimum absolute atomic E-state index is 0.0701. The van der Waals surface area contributed by atoms with Crippen LogP contribution in [0.15, 0.2) is 0 Å². The van der Waals surface area contributed by atoms with Gasteiger partial charge < -0.3 is 15.7 Å². The predicted octanol–water partition coefficient (Wildman–Crippen LogP) is 0.260. The summed E-state index contributed by atoms with van der Waals surface area (Å²) in [5.41, 5.74) is -1.44. The van der Waals surface area contributed by atoms with Gasteiger partial charge in [-0.25, -0.2) is 13.2 Å². The molecule has 0 aromatic heterocycles. The van der Waals surface area contributed by atoms with Crippen LogP contribution in [0.4, 0.5) is 4.79 Å². The van der Waals surface area contributed by atoms with Crippen LogP contribution in [0.5, 0.6) is 0 Å². The first-order valence-corrected chi connectivity index (χ1v) is 8.49. The van der Waals surface area contributed by atoms with E-state index in [2.05, 4.69) is 10.6 Å². The van der Waals surface area contributed by atoms with Gasteiger partial charge in [0, 0.05) is 0 Å². The third-order valence-corrected chi connectivity index (χ3v) is 6.00. The van der Waals surface area contributed by atoms with Gasteiger partial charge >= 0.3 is 12.0 Å². The molecule has 0 aromatic rings. The second-order valence-electron chi connectivity index (χ2n) is 6.19. The maximum Gasteiger partial charge on any atom is 0.315 e. The summed E-state index contributed by atoms with van der Waals surface area (Å²) in [6.45, 7) is 1.70. The average molecular weight is 304 g/mol. The van der Waals surface area contributed by atoms with Crippen LogP contribution in [0.1, 0.15) is 39.0 Å². The highest BCUT2D eigenvalue weighted by Gasteiger charge is 2.43. The minimum Gasteiger partial charge on any atom is -0.481 e. The molecule has 114 valence electrons. The van der Waals surface area contributed by atoms with Crippen molar-refractivity contribution in [2.45, 2.75) is 50.1 Å². The standard InChI is InChI=1S/C12H20N2O5S/c1-11(5-6-20(18,19)8-11)13-10(17)14-12(3-2-4-12)7-9(15)16/h2-8H2,1H3,(H,15,16)(H2,13,14,17). The summed E-state index contributed by atoms with van der Waals surface area (Å²) in [4.78, 5) is 22.8. The molecule has 1 aliphatic carbocycles. The Morgan fingerprint density at radius 1 is 1.20 bits per heavy atom. The molecule has 20 heavy (non-hydrogen) atoms. The minimum atomic E-state index is -3.09. The van der Waals surface area contributed by atoms with Crippen molar-refractivity contribution in [2.75, 3.05) is 11.5 Å². The van der Waals surface area contributed by atoms with Gasteiger partial charge in [-0.2, -0.15) is 0 Å². The molecule has 8 heteroatoms. The van der Waals surface area contributed by atoms with E-state index < -0.39 is 32.9 Å². The average Bonchev–Trinajstić information content (AvgIpc) is 2.48. The Balaban J connectivity index is 1.94. The van der Waals surface area contributed by atoms with Gasteiger partial charge in [0.1, 0.15) is 0 Å². The molecule has 2 aliphatic rings. The molecule has 0 spiro atoms. The molecule has 2 rings (SSSR count). The van der Waals surface area contributed by atoms with Gasteiger partial charge in [0.25, 0.3) is 0 Å². The topological polar surface area (TPSA) is 113 Å². The van der Waals surface area contributed by atoms with Crippen LogP contribution in [-0.4, -0.2) is 48.1 Å². The monoisotopic (exact) mass is 304 g/mol. The van der Waals surface area contributed by atoms with Crippen molar-refractivity contribution in [3.63, 3.8) is 0 Å². The summed E-state index contributed by atoms with van der Waals surface area (Å²) >= 11 is 0. The van der Waals surface area contributed by atoms with Crippen LogP contribution >= 0.6 is 0 Å². The maximum atomic E-state index is 12.0. The molecular weight excluding hydrogens is 284 g/mol. The number of nitrogens with one attached hydrogen (secondary N) is 2. The number of hydrogen-bond acceptors (Lipinski definition) is 4. The number of carbonyl (C=O) groups excluding carboxylic acids is 1. The molecule has 1 aliphatic heterocycles. The molecule has 1 saturated heterocycles. The molecule has 7 nitrogen and oxygen atoms in total. The number of rotatable bonds is 4. The normalized spacial score (nSPS) is 30.2. The molecule has 2 fully saturated rings. The van der Waals surface area contributed by atoms with Gasteiger partial charge in [0.2, 0.25) is 0 Å². The summed E-state index contributed by atoms with van der Waals surface area (Å²) in [6.07, 6.45) is 2.45. The largest absolute Gasteiger partial charge is 0.481 e. The van der Waals surface area contributed by atoms with E-state index in [4.69, 9.17) is 5.11 Å². The van der Waals surface area contributed by atoms with Gasteiger partial charge in [-0.05, 0) is 32.6 Å². The van der Waals surface area contributed by atoms with Gasteiger partial charge in [-0.1, -0.05) is 0 Å². The second kappa shape index (κ2) is 4.91. The number of carboxylic acids is 1. The summed E-state index contributed by atoms with van der Waals surface area (Å²) in [6, 6.07) is -0.481. The molecule has 1 heterocycles. The molecule has 3 N–H and O–H groups in total. The van der Waals surface area contributed by atoms with Crippen LogP contribution in [0.25, 0.3) is 0 Å². The van der Waals surface area contributed by atoms with E-state index >= 15 is 0 Å². The van der Waals surface area contributed by atoms with Crippen molar-refractivity contribution >= 4 is 21.8 Å². The number of amides is 2. The highest BCUT2D eigenvalue weighted by atomic mass is 32.2. The van der Waals surface area contributed by atoms with Crippen LogP contribution in [-0.2, 0) is 14.6 Å². The van der Waals surface area contributed by atoms with Crippen LogP contribution < -0.4 is 10.6 Å². The Bertz CT molecular complexity index is 526. The third kappa shape index (κ3) is 3.41. The van der Waals surface area contributed by atoms with E-state index in [0.29, 0.717) is 19.3 Å². The number of hydrogen-bond donors (Lipinski definition) is 3. The lowest BCUT2D eigenvalue weighted by Gasteiger charge is -2.42. The molecule has 1 atom stereocenters. The molecule has 0 bridgehead atoms. The molecular formula is C12H20N2O5S. The van der Waals surface area contributed by atoms with E-state index in [1.54, 1.807) is 6.92 Å². The molecule has 0 aromatic carbocycles. The van der Waals surface area contributed by atoms with Gasteiger partial charge in [0.05, 0.1) is 29.0 Å². The Hall–Kier alpha value is -1.31. The van der Waals surface area contributed by atoms with Gasteiger partial charge in [0.15, 0.2) is 9.84 Å². The first-order chi connectivity index (χ1) is 9.14. The van der Waals surface area contributed by atoms with E-state index in [-0.39, 0.29) is 17.9 Å². The fourth-order valence-corrected chi connectivity index (χ4v) is 4.99. The fourth-order valence-electron chi connectivity index (χ4n) is 2.89. The lowest BCUT2D eigenvalue weighted by Crippen LogP contribution is -2.60. The molecule has 2 amide bonds. The quantitative estimate of drug-likeness (QED) is 0.689. The van der Waals surface area contributed by atoms with Crippen molar-refractivity contribution in [2.24, 2.45) is 0 Å². The van der Waals surface area contributed by atoms with Crippen molar-refractivity contribution in [3.05, 3.63) is 0 Å². The SMILES string of the molecule is CC1(NC(=O)NC2(CC(=O)O)CCC2)CCS(=O)(=O)C1. The van der Waals surface area contributed by atoms with Gasteiger partial charge in [-0.3, -0.25) is 4.79 Å². The first kappa shape index (κ1) is 15.1. The van der Waals surface area contributed by atoms with Crippen LogP contribution in [0.2, 0.25) is 0 Å². The second-order valence-corrected chi connectivity index (χ2v) is 8.37. The summed E-state index contributed by atoms with van der Waals surface area (Å²) in [5, 5.41) is 14.3. The Morgan fingerprint density at radius 2 is 1.85 bits per heavy atom. The smallest absolute Gasteiger partial charge is 0.315 e. The highest BCUT2D eigenvalue weighted by molar-refractivity contribution is 7.91. The molecule has 1 saturated carbocycles. The van der Waals surface area contributed by atoms with Gasteiger partial charge in [-0.15, -0.1) is 0 Å². The number of aliphatic carboxylic acids is 1. The number of urea groups is 1. The molecule has 1 unspecified atom stereocenters. The number of carbonyl (C=O) groups is 2. The van der Waals surface area contributed by atoms with E-state index in [0.717, 1.165) is 6.42 Å². The van der Waals surface area contributed by atoms with Crippen molar-refractivity contribution in [1.82, 2.24) is 10.6 Å². The number of sulfone groups is 1. The third-order valence-electron chi connectivity index (χ3n) is 4.10. The molecule has 0 radical (unpaired) electrons. The zero-order chi connectivity index (χ0) is 15.0. The predicted molar refractivity (Wildman–Crippen MR) is 72.2 cm³/mol. The maximum absolute atomic E-state index is 12.0. The summed E-state index contributed by atoms with van der Waals surface area (Å²) in [5.74, 6) is -0.941. The van der Waals surface area contributed by atoms with Crippen LogP contribution in [0, 0.1) is 0 Å². The lowest BCUT2D eigenvalue weighted by atomic mass is 9.74. The fraction of sp³-hybridized carbons (Fsp3) is 0.833. The van der Waals surface area contributed by atoms with Crippen LogP contribution in [0.3, 0.4) is 0 Å². The van der Waals surface area contributed by atoms with E-state index in [9.17, 15) is 18.0 Å². The summed E-state index contributed by atoms with van der Waals surface area (Å²) in [7, 11) is -3.09. The lowest BCUT2D eigenvalue weighted by molar-refractivity contribution is -0.139. The van der Waals surface area contributed by atoms with E-state index in [1.807, 2.05) is 0 Å². The summed E-state index contributed by atoms with van der Waals surface area (Å²) < 4.78 is 23.0. The number of carboxylic acid groups (broad SMARTS) is 1. The van der Waals surface area contributed by atoms with Crippen molar-refractivity contribution in [3.8, 4) is 0 Å². The van der Waals surface area contributed by atoms with Crippen molar-refractivity contribution < 1.29 is 23.1 Å². The highest BCUT2D eigenvalue weighted by Crippen LogP contribution is 2.35. The Kier molecular flexibility index (Phi) is 3.70. The first-order valence-electron chi connectivity index (χ1n) is 6.66. The Labute approximate surface area is 118 Å². The zero-order valence-electron chi connectivity index (χ0n) is 11.4. The van der Waals surface area contributed by atoms with E-state index in [1.165, 1.54) is 0 Å². The zero-order valence-corrected chi connectivity index (χ0v) is 12.3.